The van der Waals surface area contributed by atoms with Crippen molar-refractivity contribution >= 4 is 5.91 Å². The second-order valence-corrected chi connectivity index (χ2v) is 8.30. The summed E-state index contributed by atoms with van der Waals surface area (Å²) in [6.07, 6.45) is 3.92. The van der Waals surface area contributed by atoms with Crippen LogP contribution in [0, 0.1) is 5.92 Å². The minimum absolute atomic E-state index is 0.311. The van der Waals surface area contributed by atoms with Crippen LogP contribution in [-0.4, -0.2) is 55.6 Å². The molecule has 0 saturated carbocycles. The van der Waals surface area contributed by atoms with Crippen molar-refractivity contribution in [3.8, 4) is 11.5 Å². The molecule has 27 heavy (non-hydrogen) atoms. The molecule has 0 radical (unpaired) electrons. The van der Waals surface area contributed by atoms with Gasteiger partial charge in [0.2, 0.25) is 5.91 Å². The number of carbonyl (C=O) groups excluding carboxylic acids is 1. The van der Waals surface area contributed by atoms with E-state index in [1.165, 1.54) is 17.5 Å². The molecule has 1 fully saturated rings. The van der Waals surface area contributed by atoms with Gasteiger partial charge in [-0.05, 0) is 55.4 Å². The Morgan fingerprint density at radius 2 is 1.89 bits per heavy atom. The highest BCUT2D eigenvalue weighted by Gasteiger charge is 2.34. The summed E-state index contributed by atoms with van der Waals surface area (Å²) >= 11 is 0. The van der Waals surface area contributed by atoms with Crippen LogP contribution in [0.2, 0.25) is 0 Å². The van der Waals surface area contributed by atoms with Crippen LogP contribution in [-0.2, 0) is 11.2 Å². The molecule has 0 N–H and O–H groups in total. The van der Waals surface area contributed by atoms with Crippen LogP contribution in [0.25, 0.3) is 0 Å². The summed E-state index contributed by atoms with van der Waals surface area (Å²) in [6.45, 7) is 9.30. The topological polar surface area (TPSA) is 42.0 Å². The number of fused-ring (bicyclic) bond motifs is 1. The van der Waals surface area contributed by atoms with Gasteiger partial charge in [-0.3, -0.25) is 9.69 Å². The maximum absolute atomic E-state index is 12.5. The van der Waals surface area contributed by atoms with Gasteiger partial charge in [0.15, 0.2) is 11.5 Å². The lowest BCUT2D eigenvalue weighted by atomic mass is 9.90. The third-order valence-electron chi connectivity index (χ3n) is 6.03. The molecule has 2 atom stereocenters. The monoisotopic (exact) mass is 374 g/mol. The Kier molecular flexibility index (Phi) is 6.30. The summed E-state index contributed by atoms with van der Waals surface area (Å²) < 4.78 is 11.0. The number of amides is 1. The first-order chi connectivity index (χ1) is 12.9. The molecule has 1 amide bonds. The zero-order valence-corrected chi connectivity index (χ0v) is 17.5. The fraction of sp³-hybridized carbons (Fsp3) is 0.682. The van der Waals surface area contributed by atoms with Gasteiger partial charge in [0.1, 0.15) is 0 Å². The molecule has 2 aliphatic rings. The van der Waals surface area contributed by atoms with Crippen molar-refractivity contribution in [3.05, 3.63) is 23.3 Å². The zero-order chi connectivity index (χ0) is 19.6. The molecule has 0 unspecified atom stereocenters. The van der Waals surface area contributed by atoms with E-state index in [4.69, 9.17) is 9.47 Å². The summed E-state index contributed by atoms with van der Waals surface area (Å²) in [5.41, 5.74) is 2.67. The van der Waals surface area contributed by atoms with Crippen LogP contribution >= 0.6 is 0 Å². The number of carbonyl (C=O) groups is 1. The average molecular weight is 375 g/mol. The molecule has 0 spiro atoms. The van der Waals surface area contributed by atoms with E-state index in [-0.39, 0.29) is 0 Å². The number of piperidine rings is 1. The highest BCUT2D eigenvalue weighted by molar-refractivity contribution is 5.76. The van der Waals surface area contributed by atoms with Gasteiger partial charge >= 0.3 is 0 Å². The third-order valence-corrected chi connectivity index (χ3v) is 6.03. The van der Waals surface area contributed by atoms with Gasteiger partial charge in [-0.25, -0.2) is 0 Å². The standard InChI is InChI=1S/C22H34N2O3/c1-15(2)11-22(25)23-9-6-7-18(14-23)24-10-8-17-12-20(26-4)21(27-5)13-19(17)16(24)3/h12-13,15-16,18H,6-11,14H2,1-5H3/t16-,18-/m1/s1. The normalized spacial score (nSPS) is 23.3. The Morgan fingerprint density at radius 1 is 1.19 bits per heavy atom. The minimum atomic E-state index is 0.311. The number of likely N-dealkylation sites (tertiary alicyclic amines) is 1. The summed E-state index contributed by atoms with van der Waals surface area (Å²) in [4.78, 5) is 17.2. The maximum atomic E-state index is 12.5. The molecule has 1 aromatic carbocycles. The maximum Gasteiger partial charge on any atom is 0.222 e. The van der Waals surface area contributed by atoms with Gasteiger partial charge < -0.3 is 14.4 Å². The van der Waals surface area contributed by atoms with Gasteiger partial charge in [0.05, 0.1) is 14.2 Å². The van der Waals surface area contributed by atoms with Crippen LogP contribution in [0.3, 0.4) is 0 Å². The SMILES string of the molecule is COc1cc2c(cc1OC)[C@@H](C)N([C@@H]1CCCN(C(=O)CC(C)C)C1)CC2. The van der Waals surface area contributed by atoms with Crippen molar-refractivity contribution in [1.29, 1.82) is 0 Å². The number of hydrogen-bond donors (Lipinski definition) is 0. The van der Waals surface area contributed by atoms with Gasteiger partial charge in [-0.15, -0.1) is 0 Å². The van der Waals surface area contributed by atoms with Crippen molar-refractivity contribution in [2.45, 2.75) is 58.5 Å². The highest BCUT2D eigenvalue weighted by atomic mass is 16.5. The molecular formula is C22H34N2O3. The first-order valence-corrected chi connectivity index (χ1v) is 10.2. The van der Waals surface area contributed by atoms with Crippen molar-refractivity contribution in [1.82, 2.24) is 9.80 Å². The Bertz CT molecular complexity index is 674. The van der Waals surface area contributed by atoms with E-state index in [1.54, 1.807) is 14.2 Å². The number of ether oxygens (including phenoxy) is 2. The van der Waals surface area contributed by atoms with Crippen molar-refractivity contribution < 1.29 is 14.3 Å². The van der Waals surface area contributed by atoms with E-state index < -0.39 is 0 Å². The molecule has 2 aliphatic heterocycles. The number of nitrogens with zero attached hydrogens (tertiary/aromatic N) is 2. The van der Waals surface area contributed by atoms with E-state index in [0.717, 1.165) is 44.0 Å². The van der Waals surface area contributed by atoms with Gasteiger partial charge in [-0.1, -0.05) is 13.8 Å². The average Bonchev–Trinajstić information content (AvgIpc) is 2.67. The molecular weight excluding hydrogens is 340 g/mol. The third kappa shape index (κ3) is 4.23. The minimum Gasteiger partial charge on any atom is -0.493 e. The Labute approximate surface area is 163 Å². The Balaban J connectivity index is 1.76. The van der Waals surface area contributed by atoms with E-state index in [1.807, 2.05) is 0 Å². The van der Waals surface area contributed by atoms with Crippen LogP contribution < -0.4 is 9.47 Å². The molecule has 0 aromatic heterocycles. The van der Waals surface area contributed by atoms with Gasteiger partial charge in [-0.2, -0.15) is 0 Å². The number of benzene rings is 1. The van der Waals surface area contributed by atoms with Crippen LogP contribution in [0.15, 0.2) is 12.1 Å². The van der Waals surface area contributed by atoms with Crippen molar-refractivity contribution in [3.63, 3.8) is 0 Å². The van der Waals surface area contributed by atoms with Crippen LogP contribution in [0.4, 0.5) is 0 Å². The molecule has 1 saturated heterocycles. The summed E-state index contributed by atoms with van der Waals surface area (Å²) in [6, 6.07) is 5.02. The predicted molar refractivity (Wildman–Crippen MR) is 107 cm³/mol. The molecule has 5 heteroatoms. The Hall–Kier alpha value is -1.75. The Morgan fingerprint density at radius 3 is 2.56 bits per heavy atom. The smallest absolute Gasteiger partial charge is 0.222 e. The molecule has 1 aromatic rings. The first kappa shape index (κ1) is 20.0. The predicted octanol–water partition coefficient (Wildman–Crippen LogP) is 3.66. The largest absolute Gasteiger partial charge is 0.493 e. The lowest BCUT2D eigenvalue weighted by Gasteiger charge is -2.45. The van der Waals surface area contributed by atoms with E-state index in [9.17, 15) is 4.79 Å². The van der Waals surface area contributed by atoms with E-state index in [0.29, 0.717) is 30.3 Å². The second kappa shape index (κ2) is 8.51. The van der Waals surface area contributed by atoms with Crippen LogP contribution in [0.1, 0.15) is 57.2 Å². The lowest BCUT2D eigenvalue weighted by Crippen LogP contribution is -2.52. The number of methoxy groups -OCH3 is 2. The number of hydrogen-bond acceptors (Lipinski definition) is 4. The van der Waals surface area contributed by atoms with E-state index in [2.05, 4.69) is 42.7 Å². The lowest BCUT2D eigenvalue weighted by molar-refractivity contribution is -0.134. The molecule has 3 rings (SSSR count). The van der Waals surface area contributed by atoms with Crippen LogP contribution in [0.5, 0.6) is 11.5 Å². The molecule has 0 aliphatic carbocycles. The second-order valence-electron chi connectivity index (χ2n) is 8.30. The summed E-state index contributed by atoms with van der Waals surface area (Å²) in [5, 5.41) is 0. The van der Waals surface area contributed by atoms with E-state index >= 15 is 0 Å². The van der Waals surface area contributed by atoms with Gasteiger partial charge in [0, 0.05) is 38.1 Å². The fourth-order valence-corrected chi connectivity index (χ4v) is 4.59. The molecule has 150 valence electrons. The number of rotatable bonds is 5. The molecule has 5 nitrogen and oxygen atoms in total. The molecule has 2 heterocycles. The first-order valence-electron chi connectivity index (χ1n) is 10.2. The summed E-state index contributed by atoms with van der Waals surface area (Å²) in [7, 11) is 3.38. The summed E-state index contributed by atoms with van der Waals surface area (Å²) in [5.74, 6) is 2.33. The van der Waals surface area contributed by atoms with Gasteiger partial charge in [0.25, 0.3) is 0 Å². The zero-order valence-electron chi connectivity index (χ0n) is 17.5. The fourth-order valence-electron chi connectivity index (χ4n) is 4.59. The quantitative estimate of drug-likeness (QED) is 0.789. The van der Waals surface area contributed by atoms with Crippen molar-refractivity contribution in [2.75, 3.05) is 33.9 Å². The van der Waals surface area contributed by atoms with Crippen molar-refractivity contribution in [2.24, 2.45) is 5.92 Å². The highest BCUT2D eigenvalue weighted by Crippen LogP contribution is 2.39. The molecule has 0 bridgehead atoms.